The van der Waals surface area contributed by atoms with Gasteiger partial charge in [-0.2, -0.15) is 5.10 Å². The minimum Gasteiger partial charge on any atom is -0.497 e. The molecule has 0 spiro atoms. The molecule has 0 radical (unpaired) electrons. The SMILES string of the molecule is CC.COc1ccc(-n2nc(C)c3c2C(=O)N(c2ccc(N4CCCCC4=O)cc2)CC3(C)C)cc1. The van der Waals surface area contributed by atoms with Gasteiger partial charge in [-0.3, -0.25) is 9.59 Å². The fraction of sp³-hybridized carbons (Fsp3) is 0.414. The number of ether oxygens (including phenoxy) is 1. The number of methoxy groups -OCH3 is 1. The Hall–Kier alpha value is -3.61. The maximum Gasteiger partial charge on any atom is 0.277 e. The number of benzene rings is 2. The molecule has 2 aliphatic heterocycles. The van der Waals surface area contributed by atoms with E-state index in [9.17, 15) is 9.59 Å². The third kappa shape index (κ3) is 4.50. The van der Waals surface area contributed by atoms with Crippen molar-refractivity contribution in [1.29, 1.82) is 0 Å². The highest BCUT2D eigenvalue weighted by Crippen LogP contribution is 2.39. The monoisotopic (exact) mass is 488 g/mol. The molecule has 2 aromatic carbocycles. The van der Waals surface area contributed by atoms with Crippen LogP contribution in [0.25, 0.3) is 5.69 Å². The molecule has 0 N–H and O–H groups in total. The molecule has 0 bridgehead atoms. The van der Waals surface area contributed by atoms with E-state index in [0.717, 1.165) is 53.5 Å². The fourth-order valence-electron chi connectivity index (χ4n) is 5.22. The fourth-order valence-corrected chi connectivity index (χ4v) is 5.22. The van der Waals surface area contributed by atoms with Gasteiger partial charge in [0.2, 0.25) is 5.91 Å². The van der Waals surface area contributed by atoms with Crippen LogP contribution >= 0.6 is 0 Å². The van der Waals surface area contributed by atoms with Crippen LogP contribution in [-0.4, -0.2) is 41.8 Å². The molecule has 5 rings (SSSR count). The van der Waals surface area contributed by atoms with Gasteiger partial charge in [0.05, 0.1) is 18.5 Å². The lowest BCUT2D eigenvalue weighted by Crippen LogP contribution is -2.47. The molecule has 0 unspecified atom stereocenters. The number of anilines is 2. The normalized spacial score (nSPS) is 16.8. The van der Waals surface area contributed by atoms with Crippen molar-refractivity contribution < 1.29 is 14.3 Å². The van der Waals surface area contributed by atoms with Crippen molar-refractivity contribution in [3.63, 3.8) is 0 Å². The number of carbonyl (C=O) groups is 2. The average Bonchev–Trinajstić information content (AvgIpc) is 3.26. The van der Waals surface area contributed by atoms with Crippen LogP contribution in [0.5, 0.6) is 5.75 Å². The Kier molecular flexibility index (Phi) is 7.20. The quantitative estimate of drug-likeness (QED) is 0.475. The van der Waals surface area contributed by atoms with Gasteiger partial charge < -0.3 is 14.5 Å². The van der Waals surface area contributed by atoms with E-state index >= 15 is 0 Å². The van der Waals surface area contributed by atoms with E-state index < -0.39 is 0 Å². The second kappa shape index (κ2) is 10.2. The first-order chi connectivity index (χ1) is 17.3. The lowest BCUT2D eigenvalue weighted by Gasteiger charge is -2.38. The predicted octanol–water partition coefficient (Wildman–Crippen LogP) is 5.67. The molecule has 36 heavy (non-hydrogen) atoms. The molecule has 190 valence electrons. The van der Waals surface area contributed by atoms with E-state index in [1.807, 2.05) is 79.1 Å². The van der Waals surface area contributed by atoms with Crippen LogP contribution in [0, 0.1) is 6.92 Å². The molecule has 2 aliphatic rings. The zero-order valence-corrected chi connectivity index (χ0v) is 22.2. The second-order valence-electron chi connectivity index (χ2n) is 9.71. The van der Waals surface area contributed by atoms with Gasteiger partial charge in [0.1, 0.15) is 11.4 Å². The Morgan fingerprint density at radius 3 is 2.03 bits per heavy atom. The lowest BCUT2D eigenvalue weighted by molar-refractivity contribution is -0.119. The van der Waals surface area contributed by atoms with E-state index in [1.54, 1.807) is 11.8 Å². The summed E-state index contributed by atoms with van der Waals surface area (Å²) in [6.07, 6.45) is 2.57. The van der Waals surface area contributed by atoms with Crippen molar-refractivity contribution in [3.8, 4) is 11.4 Å². The first kappa shape index (κ1) is 25.5. The number of amides is 2. The van der Waals surface area contributed by atoms with Crippen molar-refractivity contribution in [3.05, 3.63) is 65.5 Å². The number of hydrogen-bond acceptors (Lipinski definition) is 4. The summed E-state index contributed by atoms with van der Waals surface area (Å²) < 4.78 is 7.03. The molecule has 2 amide bonds. The molecule has 3 heterocycles. The molecule has 0 atom stereocenters. The van der Waals surface area contributed by atoms with Crippen molar-refractivity contribution >= 4 is 23.2 Å². The third-order valence-corrected chi connectivity index (χ3v) is 6.85. The van der Waals surface area contributed by atoms with Crippen LogP contribution < -0.4 is 14.5 Å². The summed E-state index contributed by atoms with van der Waals surface area (Å²) in [6, 6.07) is 15.3. The van der Waals surface area contributed by atoms with E-state index in [-0.39, 0.29) is 17.2 Å². The molecule has 3 aromatic rings. The molecule has 7 heteroatoms. The number of fused-ring (bicyclic) bond motifs is 1. The Labute approximate surface area is 213 Å². The zero-order chi connectivity index (χ0) is 26.0. The van der Waals surface area contributed by atoms with E-state index in [2.05, 4.69) is 13.8 Å². The summed E-state index contributed by atoms with van der Waals surface area (Å²) in [4.78, 5) is 29.8. The van der Waals surface area contributed by atoms with Gasteiger partial charge in [-0.1, -0.05) is 27.7 Å². The number of aromatic nitrogens is 2. The topological polar surface area (TPSA) is 67.7 Å². The van der Waals surface area contributed by atoms with Gasteiger partial charge in [0, 0.05) is 41.9 Å². The minimum atomic E-state index is -0.278. The summed E-state index contributed by atoms with van der Waals surface area (Å²) in [6.45, 7) is 11.6. The third-order valence-electron chi connectivity index (χ3n) is 6.85. The Bertz CT molecular complexity index is 1240. The molecule has 1 fully saturated rings. The second-order valence-corrected chi connectivity index (χ2v) is 9.71. The Morgan fingerprint density at radius 1 is 0.861 bits per heavy atom. The largest absolute Gasteiger partial charge is 0.497 e. The van der Waals surface area contributed by atoms with Gasteiger partial charge in [0.15, 0.2) is 0 Å². The Balaban J connectivity index is 0.00000148. The molecule has 0 saturated carbocycles. The summed E-state index contributed by atoms with van der Waals surface area (Å²) in [5.74, 6) is 0.840. The predicted molar refractivity (Wildman–Crippen MR) is 144 cm³/mol. The molecule has 0 aliphatic carbocycles. The van der Waals surface area contributed by atoms with Crippen LogP contribution in [0.4, 0.5) is 11.4 Å². The number of aryl methyl sites for hydroxylation is 1. The zero-order valence-electron chi connectivity index (χ0n) is 22.2. The van der Waals surface area contributed by atoms with Crippen LogP contribution in [-0.2, 0) is 10.2 Å². The first-order valence-corrected chi connectivity index (χ1v) is 12.8. The van der Waals surface area contributed by atoms with E-state index in [0.29, 0.717) is 18.7 Å². The average molecular weight is 489 g/mol. The van der Waals surface area contributed by atoms with Crippen molar-refractivity contribution in [2.75, 3.05) is 30.0 Å². The molecular formula is C29H36N4O3. The van der Waals surface area contributed by atoms with E-state index in [1.165, 1.54) is 0 Å². The summed E-state index contributed by atoms with van der Waals surface area (Å²) in [5, 5.41) is 4.76. The van der Waals surface area contributed by atoms with Gasteiger partial charge in [-0.15, -0.1) is 0 Å². The summed E-state index contributed by atoms with van der Waals surface area (Å²) >= 11 is 0. The molecular weight excluding hydrogens is 452 g/mol. The summed E-state index contributed by atoms with van der Waals surface area (Å²) in [5.41, 5.74) is 4.68. The smallest absolute Gasteiger partial charge is 0.277 e. The molecule has 7 nitrogen and oxygen atoms in total. The maximum absolute atomic E-state index is 13.9. The minimum absolute atomic E-state index is 0.0764. The Morgan fingerprint density at radius 2 is 1.44 bits per heavy atom. The highest BCUT2D eigenvalue weighted by molar-refractivity contribution is 6.08. The highest BCUT2D eigenvalue weighted by Gasteiger charge is 2.42. The number of piperidine rings is 1. The van der Waals surface area contributed by atoms with Gasteiger partial charge in [-0.05, 0) is 68.3 Å². The van der Waals surface area contributed by atoms with Gasteiger partial charge in [0.25, 0.3) is 5.91 Å². The summed E-state index contributed by atoms with van der Waals surface area (Å²) in [7, 11) is 1.63. The van der Waals surface area contributed by atoms with Crippen LogP contribution in [0.2, 0.25) is 0 Å². The van der Waals surface area contributed by atoms with E-state index in [4.69, 9.17) is 9.84 Å². The van der Waals surface area contributed by atoms with Crippen molar-refractivity contribution in [2.24, 2.45) is 0 Å². The number of hydrogen-bond donors (Lipinski definition) is 0. The number of nitrogens with zero attached hydrogens (tertiary/aromatic N) is 4. The van der Waals surface area contributed by atoms with Crippen molar-refractivity contribution in [1.82, 2.24) is 9.78 Å². The van der Waals surface area contributed by atoms with Crippen LogP contribution in [0.3, 0.4) is 0 Å². The van der Waals surface area contributed by atoms with Gasteiger partial charge >= 0.3 is 0 Å². The molecule has 1 saturated heterocycles. The molecule has 1 aromatic heterocycles. The number of carbonyl (C=O) groups excluding carboxylic acids is 2. The maximum atomic E-state index is 13.9. The standard InChI is InChI=1S/C27H30N4O3.C2H6/c1-18-24-25(31(28-18)21-12-14-22(34-4)15-13-21)26(33)30(17-27(24,2)3)20-10-8-19(9-11-20)29-16-6-5-7-23(29)32;1-2/h8-15H,5-7,16-17H2,1-4H3;1-2H3. The first-order valence-electron chi connectivity index (χ1n) is 12.8. The highest BCUT2D eigenvalue weighted by atomic mass is 16.5. The van der Waals surface area contributed by atoms with Crippen LogP contribution in [0.1, 0.15) is 68.7 Å². The lowest BCUT2D eigenvalue weighted by atomic mass is 9.79. The number of rotatable bonds is 4. The van der Waals surface area contributed by atoms with Crippen LogP contribution in [0.15, 0.2) is 48.5 Å². The van der Waals surface area contributed by atoms with Gasteiger partial charge in [-0.25, -0.2) is 4.68 Å². The van der Waals surface area contributed by atoms with Crippen molar-refractivity contribution in [2.45, 2.75) is 59.3 Å².